The summed E-state index contributed by atoms with van der Waals surface area (Å²) in [5.74, 6) is -0.445. The van der Waals surface area contributed by atoms with Crippen LogP contribution < -0.4 is 0 Å². The van der Waals surface area contributed by atoms with E-state index in [9.17, 15) is 16.8 Å². The number of hydrogen-bond acceptors (Lipinski definition) is 4. The van der Waals surface area contributed by atoms with Crippen LogP contribution in [-0.2, 0) is 25.8 Å². The Labute approximate surface area is 118 Å². The fraction of sp³-hybridized carbons (Fsp3) is 0.0769. The zero-order valence-electron chi connectivity index (χ0n) is 10.4. The van der Waals surface area contributed by atoms with Crippen molar-refractivity contribution in [2.75, 3.05) is 0 Å². The highest BCUT2D eigenvalue weighted by atomic mass is 32.3. The first kappa shape index (κ1) is 14.7. The van der Waals surface area contributed by atoms with E-state index in [1.165, 1.54) is 24.3 Å². The maximum absolute atomic E-state index is 11.9. The first-order valence-electron chi connectivity index (χ1n) is 5.70. The molecule has 0 heterocycles. The summed E-state index contributed by atoms with van der Waals surface area (Å²) in [6.07, 6.45) is 0. The zero-order valence-corrected chi connectivity index (χ0v) is 12.0. The summed E-state index contributed by atoms with van der Waals surface area (Å²) in [6.45, 7) is 0. The molecule has 0 aromatic heterocycles. The van der Waals surface area contributed by atoms with Crippen LogP contribution in [0.1, 0.15) is 5.56 Å². The van der Waals surface area contributed by atoms with E-state index in [4.69, 9.17) is 0 Å². The highest BCUT2D eigenvalue weighted by Crippen LogP contribution is 2.22. The van der Waals surface area contributed by atoms with Crippen LogP contribution in [0.15, 0.2) is 65.6 Å². The first-order chi connectivity index (χ1) is 9.39. The van der Waals surface area contributed by atoms with E-state index < -0.39 is 25.8 Å². The molecule has 106 valence electrons. The molecular formula is C13H12NO4S2-. The lowest BCUT2D eigenvalue weighted by Crippen LogP contribution is -2.09. The van der Waals surface area contributed by atoms with E-state index in [1.807, 2.05) is 0 Å². The minimum Gasteiger partial charge on any atom is -0.432 e. The molecular weight excluding hydrogens is 298 g/mol. The van der Waals surface area contributed by atoms with Gasteiger partial charge in [0.1, 0.15) is 10.0 Å². The van der Waals surface area contributed by atoms with E-state index in [0.29, 0.717) is 5.56 Å². The largest absolute Gasteiger partial charge is 0.432 e. The molecule has 7 heteroatoms. The lowest BCUT2D eigenvalue weighted by molar-refractivity contribution is 0.595. The van der Waals surface area contributed by atoms with E-state index >= 15 is 0 Å². The standard InChI is InChI=1S/C13H12NO4S2/c15-19(16,11-12-7-3-1-4-8-12)14-20(17,18)13-9-5-2-6-10-13/h1-10H,11H2/q-1. The summed E-state index contributed by atoms with van der Waals surface area (Å²) in [4.78, 5) is -0.142. The molecule has 5 nitrogen and oxygen atoms in total. The Morgan fingerprint density at radius 1 is 0.750 bits per heavy atom. The third kappa shape index (κ3) is 3.89. The zero-order chi connectivity index (χ0) is 14.6. The molecule has 0 amide bonds. The molecule has 20 heavy (non-hydrogen) atoms. The van der Waals surface area contributed by atoms with Crippen LogP contribution in [0.5, 0.6) is 0 Å². The molecule has 0 aliphatic heterocycles. The third-order valence-corrected chi connectivity index (χ3v) is 5.70. The van der Waals surface area contributed by atoms with Crippen LogP contribution in [0.25, 0.3) is 4.13 Å². The van der Waals surface area contributed by atoms with E-state index in [-0.39, 0.29) is 4.90 Å². The summed E-state index contributed by atoms with van der Waals surface area (Å²) < 4.78 is 50.5. The van der Waals surface area contributed by atoms with Crippen molar-refractivity contribution < 1.29 is 16.8 Å². The van der Waals surface area contributed by atoms with Crippen LogP contribution in [0.2, 0.25) is 0 Å². The highest BCUT2D eigenvalue weighted by molar-refractivity contribution is 8.11. The van der Waals surface area contributed by atoms with Crippen LogP contribution in [0, 0.1) is 0 Å². The lowest BCUT2D eigenvalue weighted by atomic mass is 10.2. The smallest absolute Gasteiger partial charge is 0.112 e. The first-order valence-corrected chi connectivity index (χ1v) is 8.75. The van der Waals surface area contributed by atoms with E-state index in [2.05, 4.69) is 4.13 Å². The van der Waals surface area contributed by atoms with Gasteiger partial charge in [0.15, 0.2) is 0 Å². The summed E-state index contributed by atoms with van der Waals surface area (Å²) in [5.41, 5.74) is 0.486. The number of benzene rings is 2. The maximum atomic E-state index is 11.9. The van der Waals surface area contributed by atoms with Gasteiger partial charge < -0.3 is 4.13 Å². The van der Waals surface area contributed by atoms with Crippen LogP contribution in [0.3, 0.4) is 0 Å². The minimum absolute atomic E-state index is 0.142. The molecule has 0 bridgehead atoms. The molecule has 2 aromatic carbocycles. The molecule has 0 N–H and O–H groups in total. The van der Waals surface area contributed by atoms with Crippen molar-refractivity contribution in [1.29, 1.82) is 0 Å². The number of hydrogen-bond donors (Lipinski definition) is 0. The lowest BCUT2D eigenvalue weighted by Gasteiger charge is -2.20. The second-order valence-electron chi connectivity index (χ2n) is 4.07. The Morgan fingerprint density at radius 2 is 1.25 bits per heavy atom. The van der Waals surface area contributed by atoms with Gasteiger partial charge in [-0.05, 0) is 17.7 Å². The Kier molecular flexibility index (Phi) is 4.22. The molecule has 2 aromatic rings. The maximum Gasteiger partial charge on any atom is 0.112 e. The fourth-order valence-electron chi connectivity index (χ4n) is 1.60. The Bertz CT molecular complexity index is 770. The van der Waals surface area contributed by atoms with Crippen molar-refractivity contribution in [3.05, 3.63) is 70.4 Å². The van der Waals surface area contributed by atoms with Gasteiger partial charge in [-0.15, -0.1) is 0 Å². The van der Waals surface area contributed by atoms with Gasteiger partial charge >= 0.3 is 0 Å². The average Bonchev–Trinajstić information content (AvgIpc) is 2.39. The van der Waals surface area contributed by atoms with Gasteiger partial charge in [-0.1, -0.05) is 48.5 Å². The molecule has 0 spiro atoms. The second kappa shape index (κ2) is 5.74. The van der Waals surface area contributed by atoms with Gasteiger partial charge in [-0.25, -0.2) is 16.8 Å². The summed E-state index contributed by atoms with van der Waals surface area (Å²) in [7, 11) is -8.30. The Morgan fingerprint density at radius 3 is 1.80 bits per heavy atom. The molecule has 0 atom stereocenters. The fourth-order valence-corrected chi connectivity index (χ4v) is 4.46. The molecule has 0 aliphatic carbocycles. The molecule has 0 saturated carbocycles. The molecule has 0 unspecified atom stereocenters. The normalized spacial score (nSPS) is 12.2. The van der Waals surface area contributed by atoms with Gasteiger partial charge in [0.05, 0.1) is 15.8 Å². The minimum atomic E-state index is -4.20. The number of sulfonamides is 2. The van der Waals surface area contributed by atoms with Crippen molar-refractivity contribution >= 4 is 20.0 Å². The molecule has 0 fully saturated rings. The van der Waals surface area contributed by atoms with Crippen LogP contribution in [-0.4, -0.2) is 16.8 Å². The SMILES string of the molecule is O=S(=O)(Cc1ccccc1)[N-]S(=O)(=O)c1ccccc1. The molecule has 0 radical (unpaired) electrons. The number of rotatable bonds is 5. The topological polar surface area (TPSA) is 82.4 Å². The summed E-state index contributed by atoms with van der Waals surface area (Å²) >= 11 is 0. The highest BCUT2D eigenvalue weighted by Gasteiger charge is 2.11. The second-order valence-corrected chi connectivity index (χ2v) is 7.54. The predicted molar refractivity (Wildman–Crippen MR) is 76.1 cm³/mol. The monoisotopic (exact) mass is 310 g/mol. The quantitative estimate of drug-likeness (QED) is 0.848. The summed E-state index contributed by atoms with van der Waals surface area (Å²) in [5, 5.41) is 0. The molecule has 0 saturated heterocycles. The van der Waals surface area contributed by atoms with E-state index in [1.54, 1.807) is 36.4 Å². The van der Waals surface area contributed by atoms with Gasteiger partial charge in [0, 0.05) is 4.90 Å². The predicted octanol–water partition coefficient (Wildman–Crippen LogP) is 2.28. The van der Waals surface area contributed by atoms with Gasteiger partial charge in [0.25, 0.3) is 0 Å². The Balaban J connectivity index is 2.21. The Hall–Kier alpha value is -1.70. The van der Waals surface area contributed by atoms with Crippen molar-refractivity contribution in [1.82, 2.24) is 0 Å². The van der Waals surface area contributed by atoms with Crippen LogP contribution >= 0.6 is 0 Å². The number of nitrogens with zero attached hydrogens (tertiary/aromatic N) is 1. The van der Waals surface area contributed by atoms with Crippen molar-refractivity contribution in [3.63, 3.8) is 0 Å². The van der Waals surface area contributed by atoms with Crippen LogP contribution in [0.4, 0.5) is 0 Å². The molecule has 0 aliphatic rings. The molecule has 2 rings (SSSR count). The van der Waals surface area contributed by atoms with Gasteiger partial charge in [0.2, 0.25) is 0 Å². The average molecular weight is 310 g/mol. The third-order valence-electron chi connectivity index (χ3n) is 2.44. The van der Waals surface area contributed by atoms with Gasteiger partial charge in [-0.3, -0.25) is 0 Å². The van der Waals surface area contributed by atoms with Gasteiger partial charge in [-0.2, -0.15) is 0 Å². The van der Waals surface area contributed by atoms with E-state index in [0.717, 1.165) is 0 Å². The van der Waals surface area contributed by atoms with Crippen molar-refractivity contribution in [2.24, 2.45) is 0 Å². The van der Waals surface area contributed by atoms with Crippen molar-refractivity contribution in [3.8, 4) is 0 Å². The van der Waals surface area contributed by atoms with Crippen molar-refractivity contribution in [2.45, 2.75) is 10.6 Å². The summed E-state index contributed by atoms with van der Waals surface area (Å²) in [6, 6.07) is 15.6.